The van der Waals surface area contributed by atoms with Gasteiger partial charge in [-0.2, -0.15) is 0 Å². The second-order valence-electron chi connectivity index (χ2n) is 6.08. The smallest absolute Gasteiger partial charge is 0.307 e. The molecule has 2 aromatic carbocycles. The summed E-state index contributed by atoms with van der Waals surface area (Å²) in [5, 5.41) is 10.1. The molecule has 5 nitrogen and oxygen atoms in total. The second kappa shape index (κ2) is 6.11. The lowest BCUT2D eigenvalue weighted by Crippen LogP contribution is -2.26. The maximum atomic E-state index is 11.4. The first-order valence-electron chi connectivity index (χ1n) is 7.97. The van der Waals surface area contributed by atoms with Gasteiger partial charge >= 0.3 is 5.97 Å². The van der Waals surface area contributed by atoms with Gasteiger partial charge in [0.25, 0.3) is 0 Å². The van der Waals surface area contributed by atoms with Gasteiger partial charge < -0.3 is 19.1 Å². The molecule has 4 rings (SSSR count). The third kappa shape index (κ3) is 2.76. The monoisotopic (exact) mass is 401 g/mol. The van der Waals surface area contributed by atoms with Gasteiger partial charge in [0.05, 0.1) is 17.3 Å². The van der Waals surface area contributed by atoms with Crippen molar-refractivity contribution in [3.05, 3.63) is 52.6 Å². The molecular formula is C19H16BrNO4. The van der Waals surface area contributed by atoms with Gasteiger partial charge in [0.1, 0.15) is 12.7 Å². The molecule has 3 aromatic rings. The lowest BCUT2D eigenvalue weighted by atomic mass is 10.1. The van der Waals surface area contributed by atoms with E-state index in [0.29, 0.717) is 23.7 Å². The number of carboxylic acid groups (broad SMARTS) is 1. The first-order valence-corrected chi connectivity index (χ1v) is 8.77. The van der Waals surface area contributed by atoms with Crippen LogP contribution in [0.15, 0.2) is 47.1 Å². The van der Waals surface area contributed by atoms with Gasteiger partial charge in [-0.05, 0) is 40.5 Å². The van der Waals surface area contributed by atoms with Crippen LogP contribution >= 0.6 is 15.9 Å². The van der Waals surface area contributed by atoms with E-state index in [0.717, 1.165) is 21.1 Å². The predicted molar refractivity (Wildman–Crippen MR) is 97.9 cm³/mol. The highest BCUT2D eigenvalue weighted by Crippen LogP contribution is 2.45. The Morgan fingerprint density at radius 2 is 2.12 bits per heavy atom. The van der Waals surface area contributed by atoms with Crippen molar-refractivity contribution in [2.45, 2.75) is 19.4 Å². The Labute approximate surface area is 152 Å². The molecule has 0 radical (unpaired) electrons. The standard InChI is InChI=1S/C19H16BrNO4/c1-11-10-24-19-15(25-11)8-14(20)18-17(19)12(7-16(22)23)9-21(18)13-5-3-2-4-6-13/h2-6,8-9,11H,7,10H2,1H3,(H,22,23)/t11-/m0/s1. The molecule has 0 bridgehead atoms. The van der Waals surface area contributed by atoms with Gasteiger partial charge in [-0.1, -0.05) is 18.2 Å². The Kier molecular flexibility index (Phi) is 3.92. The molecule has 0 fully saturated rings. The van der Waals surface area contributed by atoms with Gasteiger partial charge in [0.15, 0.2) is 11.5 Å². The summed E-state index contributed by atoms with van der Waals surface area (Å²) in [4.78, 5) is 11.4. The van der Waals surface area contributed by atoms with Crippen molar-refractivity contribution in [2.24, 2.45) is 0 Å². The van der Waals surface area contributed by atoms with Gasteiger partial charge in [0, 0.05) is 22.4 Å². The zero-order valence-corrected chi connectivity index (χ0v) is 15.1. The van der Waals surface area contributed by atoms with Crippen LogP contribution in [0.25, 0.3) is 16.6 Å². The second-order valence-corrected chi connectivity index (χ2v) is 6.93. The van der Waals surface area contributed by atoms with Gasteiger partial charge in [0.2, 0.25) is 0 Å². The number of hydrogen-bond acceptors (Lipinski definition) is 3. The molecule has 0 saturated heterocycles. The lowest BCUT2D eigenvalue weighted by molar-refractivity contribution is -0.136. The predicted octanol–water partition coefficient (Wildman–Crippen LogP) is 4.18. The van der Waals surface area contributed by atoms with Crippen molar-refractivity contribution >= 4 is 32.8 Å². The van der Waals surface area contributed by atoms with Crippen LogP contribution in [-0.4, -0.2) is 28.4 Å². The molecule has 128 valence electrons. The number of hydrogen-bond donors (Lipinski definition) is 1. The molecule has 0 saturated carbocycles. The fraction of sp³-hybridized carbons (Fsp3) is 0.211. The number of halogens is 1. The van der Waals surface area contributed by atoms with Crippen molar-refractivity contribution in [1.82, 2.24) is 4.57 Å². The maximum Gasteiger partial charge on any atom is 0.307 e. The molecule has 0 unspecified atom stereocenters. The van der Waals surface area contributed by atoms with Crippen molar-refractivity contribution in [1.29, 1.82) is 0 Å². The van der Waals surface area contributed by atoms with Crippen molar-refractivity contribution in [2.75, 3.05) is 6.61 Å². The van der Waals surface area contributed by atoms with E-state index in [4.69, 9.17) is 9.47 Å². The van der Waals surface area contributed by atoms with Gasteiger partial charge in [-0.15, -0.1) is 0 Å². The van der Waals surface area contributed by atoms with Crippen molar-refractivity contribution < 1.29 is 19.4 Å². The quantitative estimate of drug-likeness (QED) is 0.714. The largest absolute Gasteiger partial charge is 0.485 e. The third-order valence-electron chi connectivity index (χ3n) is 4.19. The fourth-order valence-electron chi connectivity index (χ4n) is 3.19. The zero-order chi connectivity index (χ0) is 17.6. The number of fused-ring (bicyclic) bond motifs is 3. The van der Waals surface area contributed by atoms with Gasteiger partial charge in [-0.25, -0.2) is 0 Å². The average molecular weight is 402 g/mol. The summed E-state index contributed by atoms with van der Waals surface area (Å²) in [6, 6.07) is 11.7. The first kappa shape index (κ1) is 16.0. The first-order chi connectivity index (χ1) is 12.0. The van der Waals surface area contributed by atoms with E-state index < -0.39 is 5.97 Å². The summed E-state index contributed by atoms with van der Waals surface area (Å²) in [6.07, 6.45) is 1.73. The van der Waals surface area contributed by atoms with Crippen LogP contribution in [-0.2, 0) is 11.2 Å². The number of ether oxygens (including phenoxy) is 2. The Morgan fingerprint density at radius 3 is 2.84 bits per heavy atom. The number of benzene rings is 2. The minimum atomic E-state index is -0.883. The minimum Gasteiger partial charge on any atom is -0.485 e. The minimum absolute atomic E-state index is 0.0454. The zero-order valence-electron chi connectivity index (χ0n) is 13.5. The summed E-state index contributed by atoms with van der Waals surface area (Å²) in [5.41, 5.74) is 2.52. The molecule has 0 amide bonds. The number of aliphatic carboxylic acids is 1. The number of para-hydroxylation sites is 1. The highest BCUT2D eigenvalue weighted by molar-refractivity contribution is 9.10. The molecule has 1 atom stereocenters. The van der Waals surface area contributed by atoms with Crippen LogP contribution in [0.5, 0.6) is 11.5 Å². The number of rotatable bonds is 3. The molecule has 6 heteroatoms. The lowest BCUT2D eigenvalue weighted by Gasteiger charge is -2.25. The van der Waals surface area contributed by atoms with Crippen LogP contribution in [0.2, 0.25) is 0 Å². The van der Waals surface area contributed by atoms with E-state index in [9.17, 15) is 9.90 Å². The summed E-state index contributed by atoms with van der Waals surface area (Å²) in [7, 11) is 0. The van der Waals surface area contributed by atoms with E-state index in [1.165, 1.54) is 0 Å². The van der Waals surface area contributed by atoms with Crippen molar-refractivity contribution in [3.8, 4) is 17.2 Å². The summed E-state index contributed by atoms with van der Waals surface area (Å²) >= 11 is 3.62. The normalized spacial score (nSPS) is 16.2. The Morgan fingerprint density at radius 1 is 1.36 bits per heavy atom. The van der Waals surface area contributed by atoms with E-state index in [2.05, 4.69) is 15.9 Å². The van der Waals surface area contributed by atoms with Crippen molar-refractivity contribution in [3.63, 3.8) is 0 Å². The highest BCUT2D eigenvalue weighted by Gasteiger charge is 2.26. The fourth-order valence-corrected chi connectivity index (χ4v) is 3.79. The number of carbonyl (C=O) groups is 1. The molecule has 1 aromatic heterocycles. The summed E-state index contributed by atoms with van der Waals surface area (Å²) in [5.74, 6) is 0.365. The highest BCUT2D eigenvalue weighted by atomic mass is 79.9. The summed E-state index contributed by atoms with van der Waals surface area (Å²) in [6.45, 7) is 2.38. The molecule has 1 N–H and O–H groups in total. The van der Waals surface area contributed by atoms with E-state index in [-0.39, 0.29) is 12.5 Å². The van der Waals surface area contributed by atoms with Crippen LogP contribution in [0.4, 0.5) is 0 Å². The van der Waals surface area contributed by atoms with Crippen LogP contribution in [0, 0.1) is 0 Å². The Bertz CT molecular complexity index is 965. The molecule has 0 aliphatic carbocycles. The Hall–Kier alpha value is -2.47. The molecule has 2 heterocycles. The van der Waals surface area contributed by atoms with Gasteiger partial charge in [-0.3, -0.25) is 4.79 Å². The average Bonchev–Trinajstić information content (AvgIpc) is 2.95. The molecule has 1 aliphatic rings. The molecule has 0 spiro atoms. The van der Waals surface area contributed by atoms with Crippen LogP contribution < -0.4 is 9.47 Å². The number of aromatic nitrogens is 1. The maximum absolute atomic E-state index is 11.4. The molecule has 1 aliphatic heterocycles. The van der Waals surface area contributed by atoms with Crippen LogP contribution in [0.1, 0.15) is 12.5 Å². The summed E-state index contributed by atoms with van der Waals surface area (Å²) < 4.78 is 14.6. The van der Waals surface area contributed by atoms with E-state index in [1.54, 1.807) is 0 Å². The molecular weight excluding hydrogens is 386 g/mol. The molecule has 25 heavy (non-hydrogen) atoms. The van der Waals surface area contributed by atoms with Crippen LogP contribution in [0.3, 0.4) is 0 Å². The van der Waals surface area contributed by atoms with E-state index in [1.807, 2.05) is 54.1 Å². The number of carboxylic acids is 1. The number of nitrogens with zero attached hydrogens (tertiary/aromatic N) is 1. The van der Waals surface area contributed by atoms with E-state index >= 15 is 0 Å². The topological polar surface area (TPSA) is 60.7 Å². The Balaban J connectivity index is 2.04. The third-order valence-corrected chi connectivity index (χ3v) is 4.79. The SMILES string of the molecule is C[C@H]1COc2c(cc(Br)c3c2c(CC(=O)O)cn3-c2ccccc2)O1.